The molecule has 13 nitrogen and oxygen atoms in total. The molecular weight excluding hydrogens is 742 g/mol. The number of rotatable bonds is 6. The number of methoxy groups -OCH3 is 2. The van der Waals surface area contributed by atoms with Gasteiger partial charge in [-0.3, -0.25) is 14.4 Å². The number of epoxide rings is 1. The van der Waals surface area contributed by atoms with Crippen LogP contribution in [0.25, 0.3) is 0 Å². The third-order valence-electron chi connectivity index (χ3n) is 10.9. The summed E-state index contributed by atoms with van der Waals surface area (Å²) in [6.45, 7) is 11.0. The Morgan fingerprint density at radius 1 is 1.14 bits per heavy atom. The van der Waals surface area contributed by atoms with Gasteiger partial charge >= 0.3 is 11.9 Å². The lowest BCUT2D eigenvalue weighted by atomic mass is 9.78. The van der Waals surface area contributed by atoms with E-state index in [1.165, 1.54) is 38.0 Å². The molecule has 0 spiro atoms. The summed E-state index contributed by atoms with van der Waals surface area (Å²) in [5.74, 6) is -2.36. The largest absolute Gasteiger partial charge is 0.495 e. The molecule has 14 heteroatoms. The number of likely N-dealkylation sites (N-methyl/N-ethyl adjacent to an activating group) is 1. The van der Waals surface area contributed by atoms with E-state index in [1.807, 2.05) is 33.8 Å². The highest BCUT2D eigenvalue weighted by Crippen LogP contribution is 2.50. The Balaban J connectivity index is 0.00000342. The summed E-state index contributed by atoms with van der Waals surface area (Å²) in [6.07, 6.45) is 1.84. The van der Waals surface area contributed by atoms with Gasteiger partial charge in [0.1, 0.15) is 46.3 Å². The molecule has 2 saturated heterocycles. The van der Waals surface area contributed by atoms with E-state index in [0.29, 0.717) is 29.1 Å². The normalized spacial score (nSPS) is 29.9. The van der Waals surface area contributed by atoms with Gasteiger partial charge in [0.25, 0.3) is 5.91 Å². The minimum atomic E-state index is -1.59. The van der Waals surface area contributed by atoms with E-state index in [2.05, 4.69) is 0 Å². The van der Waals surface area contributed by atoms with Crippen molar-refractivity contribution in [3.63, 3.8) is 0 Å². The maximum Gasteiger partial charge on any atom is 0.328 e. The second-order valence-electron chi connectivity index (χ2n) is 14.8. The van der Waals surface area contributed by atoms with Crippen LogP contribution in [-0.4, -0.2) is 104 Å². The van der Waals surface area contributed by atoms with Gasteiger partial charge in [0.15, 0.2) is 0 Å². The van der Waals surface area contributed by atoms with Crippen molar-refractivity contribution in [2.45, 2.75) is 109 Å². The molecule has 3 N–H and O–H groups in total. The Bertz CT molecular complexity index is 1830. The van der Waals surface area contributed by atoms with Gasteiger partial charge in [-0.15, -0.1) is 0 Å². The van der Waals surface area contributed by atoms with Crippen LogP contribution in [0.5, 0.6) is 5.75 Å². The smallest absolute Gasteiger partial charge is 0.328 e. The molecule has 2 amide bonds. The number of anilines is 2. The van der Waals surface area contributed by atoms with Crippen molar-refractivity contribution in [2.24, 2.45) is 5.92 Å². The quantitative estimate of drug-likeness (QED) is 0.209. The molecule has 0 saturated carbocycles. The molecule has 2 aromatic carbocycles. The monoisotopic (exact) mass is 797 g/mol. The number of allylic oxidation sites excluding steroid dienone is 3. The topological polar surface area (TPSA) is 170 Å². The number of carbonyl (C=O) groups is 4. The average Bonchev–Trinajstić information content (AvgIpc) is 3.87. The first kappa shape index (κ1) is 44.3. The molecule has 8 atom stereocenters. The molecule has 0 aromatic heterocycles. The summed E-state index contributed by atoms with van der Waals surface area (Å²) in [5.41, 5.74) is 5.93. The van der Waals surface area contributed by atoms with Gasteiger partial charge in [0, 0.05) is 44.8 Å². The first-order chi connectivity index (χ1) is 26.4. The molecule has 4 bridgehead atoms. The number of nitrogens with zero attached hydrogens (tertiary/aromatic N) is 2. The zero-order valence-corrected chi connectivity index (χ0v) is 34.7. The van der Waals surface area contributed by atoms with Crippen molar-refractivity contribution in [3.8, 4) is 5.75 Å². The summed E-state index contributed by atoms with van der Waals surface area (Å²) < 4.78 is 29.4. The van der Waals surface area contributed by atoms with Gasteiger partial charge in [-0.05, 0) is 69.2 Å². The predicted octanol–water partition coefficient (Wildman–Crippen LogP) is 5.69. The first-order valence-electron chi connectivity index (χ1n) is 18.8. The number of fused-ring (bicyclic) bond motifs is 5. The number of hydrogen-bond acceptors (Lipinski definition) is 11. The summed E-state index contributed by atoms with van der Waals surface area (Å²) in [6, 6.07) is 8.85. The molecule has 3 aliphatic rings. The van der Waals surface area contributed by atoms with Gasteiger partial charge < -0.3 is 44.3 Å². The molecule has 2 fully saturated rings. The van der Waals surface area contributed by atoms with Crippen LogP contribution in [0.15, 0.2) is 60.2 Å². The summed E-state index contributed by atoms with van der Waals surface area (Å²) in [4.78, 5) is 56.9. The van der Waals surface area contributed by atoms with Crippen LogP contribution in [0, 0.1) is 5.92 Å². The number of amides is 2. The molecule has 2 aromatic rings. The Kier molecular flexibility index (Phi) is 14.4. The fraction of sp³-hybridized carbons (Fsp3) is 0.524. The van der Waals surface area contributed by atoms with E-state index in [-0.39, 0.29) is 24.3 Å². The van der Waals surface area contributed by atoms with Crippen LogP contribution in [0.2, 0.25) is 5.02 Å². The van der Waals surface area contributed by atoms with Crippen LogP contribution in [-0.2, 0) is 39.8 Å². The van der Waals surface area contributed by atoms with Crippen LogP contribution in [0.1, 0.15) is 76.7 Å². The number of hydrogen-bond donors (Lipinski definition) is 2. The predicted molar refractivity (Wildman–Crippen MR) is 214 cm³/mol. The molecule has 0 unspecified atom stereocenters. The van der Waals surface area contributed by atoms with Crippen molar-refractivity contribution in [2.75, 3.05) is 38.9 Å². The van der Waals surface area contributed by atoms with Crippen molar-refractivity contribution in [1.29, 1.82) is 0 Å². The number of carbonyl (C=O) groups excluding carboxylic acids is 4. The number of benzene rings is 2. The maximum atomic E-state index is 14.2. The molecule has 0 aliphatic carbocycles. The van der Waals surface area contributed by atoms with E-state index >= 15 is 0 Å². The molecule has 306 valence electrons. The molecule has 0 radical (unpaired) electrons. The molecule has 5 rings (SSSR count). The Morgan fingerprint density at radius 3 is 2.43 bits per heavy atom. The minimum Gasteiger partial charge on any atom is -0.495 e. The summed E-state index contributed by atoms with van der Waals surface area (Å²) in [5, 5.41) is 12.1. The standard InChI is InChI=1S/C40H50ClN3O10.C2H6/c1-22-10-9-11-31(51-8)40(49)20-30(52-34(46)21-40)23(2)36-39(4,54-36)32(19-33(45)44(6)28-17-25(16-22)18-29(50-7)35(28)41)53-38(48)24(3)43(5)37(47)26-12-14-27(42)15-13-26;1-2/h9-15,17-18,23-24,30-32,36,49H,16,19-21,42H2,1-8H3;1-2H3/b11-9+,22-10+;/t23-,24+,30+,31-,32+,36+,39+,40-;/m1./s1. The maximum absolute atomic E-state index is 14.2. The van der Waals surface area contributed by atoms with E-state index in [4.69, 9.17) is 41.0 Å². The van der Waals surface area contributed by atoms with E-state index < -0.39 is 71.3 Å². The van der Waals surface area contributed by atoms with Crippen LogP contribution in [0.3, 0.4) is 0 Å². The van der Waals surface area contributed by atoms with Crippen LogP contribution < -0.4 is 15.4 Å². The van der Waals surface area contributed by atoms with Gasteiger partial charge in [0.2, 0.25) is 5.91 Å². The number of aliphatic hydroxyl groups is 1. The lowest BCUT2D eigenvalue weighted by molar-refractivity contribution is -0.187. The minimum absolute atomic E-state index is 0.0483. The highest BCUT2D eigenvalue weighted by molar-refractivity contribution is 6.35. The molecule has 3 aliphatic heterocycles. The average molecular weight is 798 g/mol. The highest BCUT2D eigenvalue weighted by Gasteiger charge is 2.64. The van der Waals surface area contributed by atoms with E-state index in [0.717, 1.165) is 11.1 Å². The fourth-order valence-corrected chi connectivity index (χ4v) is 7.57. The fourth-order valence-electron chi connectivity index (χ4n) is 7.26. The van der Waals surface area contributed by atoms with Gasteiger partial charge in [0.05, 0.1) is 31.7 Å². The summed E-state index contributed by atoms with van der Waals surface area (Å²) in [7, 11) is 6.01. The third-order valence-corrected chi connectivity index (χ3v) is 11.2. The second-order valence-corrected chi connectivity index (χ2v) is 15.1. The Morgan fingerprint density at radius 2 is 1.80 bits per heavy atom. The second kappa shape index (κ2) is 18.2. The van der Waals surface area contributed by atoms with Crippen molar-refractivity contribution < 1.29 is 48.0 Å². The Hall–Kier alpha value is -4.43. The zero-order valence-electron chi connectivity index (χ0n) is 34.0. The van der Waals surface area contributed by atoms with E-state index in [9.17, 15) is 24.3 Å². The Labute approximate surface area is 334 Å². The number of esters is 2. The SMILES string of the molecule is CC.COc1cc2cc(c1Cl)N(C)C(=O)C[C@H](OC(=O)[C@H](C)N(C)C(=O)c1ccc(N)cc1)[C@]1(C)O[C@H]1[C@H](C)[C@@H]1C[C@@](O)(CC(=O)O1)[C@H](OC)/C=C/C=C(\C)C2. The van der Waals surface area contributed by atoms with Crippen molar-refractivity contribution in [3.05, 3.63) is 76.3 Å². The lowest BCUT2D eigenvalue weighted by Gasteiger charge is -2.41. The lowest BCUT2D eigenvalue weighted by Crippen LogP contribution is -2.53. The summed E-state index contributed by atoms with van der Waals surface area (Å²) >= 11 is 6.77. The molecule has 3 heterocycles. The highest BCUT2D eigenvalue weighted by atomic mass is 35.5. The number of ether oxygens (including phenoxy) is 5. The van der Waals surface area contributed by atoms with Gasteiger partial charge in [-0.2, -0.15) is 0 Å². The first-order valence-corrected chi connectivity index (χ1v) is 19.2. The number of nitrogens with two attached hydrogens (primary N) is 1. The van der Waals surface area contributed by atoms with Crippen molar-refractivity contribution >= 4 is 46.7 Å². The van der Waals surface area contributed by atoms with E-state index in [1.54, 1.807) is 62.5 Å². The number of halogens is 1. The van der Waals surface area contributed by atoms with Crippen LogP contribution >= 0.6 is 11.6 Å². The van der Waals surface area contributed by atoms with Crippen molar-refractivity contribution in [1.82, 2.24) is 4.90 Å². The van der Waals surface area contributed by atoms with Gasteiger partial charge in [-0.25, -0.2) is 4.79 Å². The molecular formula is C42H56ClN3O10. The number of nitrogen functional groups attached to an aromatic ring is 1. The molecule has 56 heavy (non-hydrogen) atoms. The zero-order chi connectivity index (χ0) is 41.7. The van der Waals surface area contributed by atoms with Crippen LogP contribution in [0.4, 0.5) is 11.4 Å². The third kappa shape index (κ3) is 9.56. The van der Waals surface area contributed by atoms with Gasteiger partial charge in [-0.1, -0.05) is 56.2 Å².